The first-order chi connectivity index (χ1) is 22.8. The largest absolute Gasteiger partial charge is 0.321 e. The van der Waals surface area contributed by atoms with Crippen molar-refractivity contribution in [2.75, 3.05) is 0 Å². The van der Waals surface area contributed by atoms with Gasteiger partial charge in [0, 0.05) is 16.7 Å². The fourth-order valence-corrected chi connectivity index (χ4v) is 8.79. The number of hydrogen-bond acceptors (Lipinski definition) is 3. The summed E-state index contributed by atoms with van der Waals surface area (Å²) in [6, 6.07) is 38.2. The van der Waals surface area contributed by atoms with Gasteiger partial charge in [-0.15, -0.1) is 0 Å². The van der Waals surface area contributed by atoms with Crippen molar-refractivity contribution in [2.45, 2.75) is 77.2 Å². The molecule has 0 amide bonds. The van der Waals surface area contributed by atoms with Crippen LogP contribution in [0.5, 0.6) is 0 Å². The van der Waals surface area contributed by atoms with Crippen LogP contribution in [0.3, 0.4) is 0 Å². The second-order valence-corrected chi connectivity index (χ2v) is 14.8. The fourth-order valence-electron chi connectivity index (χ4n) is 7.01. The van der Waals surface area contributed by atoms with Gasteiger partial charge in [0.2, 0.25) is 0 Å². The molecule has 0 aliphatic carbocycles. The van der Waals surface area contributed by atoms with E-state index in [-0.39, 0.29) is 5.54 Å². The van der Waals surface area contributed by atoms with Gasteiger partial charge in [-0.25, -0.2) is 0 Å². The lowest BCUT2D eigenvalue weighted by Gasteiger charge is -2.30. The van der Waals surface area contributed by atoms with Crippen LogP contribution in [0.15, 0.2) is 125 Å². The molecule has 0 radical (unpaired) electrons. The van der Waals surface area contributed by atoms with Gasteiger partial charge in [-0.3, -0.25) is 0 Å². The third-order valence-electron chi connectivity index (χ3n) is 10.3. The Morgan fingerprint density at radius 1 is 0.596 bits per heavy atom. The van der Waals surface area contributed by atoms with E-state index in [4.69, 9.17) is 5.73 Å². The summed E-state index contributed by atoms with van der Waals surface area (Å²) in [4.78, 5) is 0. The molecule has 2 atom stereocenters. The Hall–Kier alpha value is -3.76. The first-order valence-electron chi connectivity index (χ1n) is 17.1. The predicted molar refractivity (Wildman–Crippen MR) is 207 cm³/mol. The summed E-state index contributed by atoms with van der Waals surface area (Å²) in [5.41, 5.74) is 21.2. The maximum atomic E-state index is 7.06. The zero-order chi connectivity index (χ0) is 33.0. The summed E-state index contributed by atoms with van der Waals surface area (Å²) in [6.07, 6.45) is 2.82. The van der Waals surface area contributed by atoms with E-state index in [1.165, 1.54) is 61.2 Å². The highest BCUT2D eigenvalue weighted by Crippen LogP contribution is 2.45. The highest BCUT2D eigenvalue weighted by Gasteiger charge is 2.28. The van der Waals surface area contributed by atoms with Crippen molar-refractivity contribution in [1.29, 1.82) is 0 Å². The van der Waals surface area contributed by atoms with Crippen LogP contribution in [0.4, 0.5) is 0 Å². The van der Waals surface area contributed by atoms with Crippen molar-refractivity contribution in [2.24, 2.45) is 5.73 Å². The summed E-state index contributed by atoms with van der Waals surface area (Å²) >= 11 is 3.59. The topological polar surface area (TPSA) is 26.0 Å². The SMILES string of the molecule is CCC(N)(CC)c1ccc(C(C)C)cc1-c1cscc1-c1ccc(-c2cscc2C(Cc2ccccc2)C(C)c2ccccc2)cc1. The van der Waals surface area contributed by atoms with Crippen LogP contribution in [-0.4, -0.2) is 0 Å². The minimum Gasteiger partial charge on any atom is -0.321 e. The zero-order valence-electron chi connectivity index (χ0n) is 28.4. The second-order valence-electron chi connectivity index (χ2n) is 13.3. The number of thiophene rings is 2. The van der Waals surface area contributed by atoms with Crippen molar-refractivity contribution >= 4 is 22.7 Å². The maximum absolute atomic E-state index is 7.06. The molecule has 6 rings (SSSR count). The van der Waals surface area contributed by atoms with Gasteiger partial charge in [0.05, 0.1) is 0 Å². The van der Waals surface area contributed by atoms with Gasteiger partial charge < -0.3 is 5.73 Å². The first kappa shape index (κ1) is 33.2. The summed E-state index contributed by atoms with van der Waals surface area (Å²) in [5, 5.41) is 9.35. The van der Waals surface area contributed by atoms with E-state index < -0.39 is 0 Å². The van der Waals surface area contributed by atoms with Gasteiger partial charge >= 0.3 is 0 Å². The maximum Gasteiger partial charge on any atom is 0.0410 e. The Balaban J connectivity index is 1.37. The molecule has 240 valence electrons. The van der Waals surface area contributed by atoms with Crippen molar-refractivity contribution in [3.63, 3.8) is 0 Å². The van der Waals surface area contributed by atoms with Crippen molar-refractivity contribution < 1.29 is 0 Å². The summed E-state index contributed by atoms with van der Waals surface area (Å²) in [7, 11) is 0. The molecule has 0 aliphatic rings. The molecule has 0 saturated heterocycles. The Bertz CT molecular complexity index is 1870. The molecule has 0 bridgehead atoms. The lowest BCUT2D eigenvalue weighted by atomic mass is 9.78. The highest BCUT2D eigenvalue weighted by molar-refractivity contribution is 7.09. The Morgan fingerprint density at radius 2 is 1.17 bits per heavy atom. The molecule has 2 N–H and O–H groups in total. The molecule has 2 unspecified atom stereocenters. The summed E-state index contributed by atoms with van der Waals surface area (Å²) < 4.78 is 0. The lowest BCUT2D eigenvalue weighted by Crippen LogP contribution is -2.35. The van der Waals surface area contributed by atoms with Gasteiger partial charge in [-0.2, -0.15) is 22.7 Å². The van der Waals surface area contributed by atoms with Gasteiger partial charge in [0.25, 0.3) is 0 Å². The first-order valence-corrected chi connectivity index (χ1v) is 19.0. The Kier molecular flexibility index (Phi) is 10.3. The average molecular weight is 654 g/mol. The standard InChI is InChI=1S/C44H47NS2/c1-6-44(45,7-2)43-23-22-36(30(3)4)25-38(43)42-29-47-27-40(42)35-20-18-34(19-21-35)39-26-46-28-41(39)37(24-32-14-10-8-11-15-32)31(5)33-16-12-9-13-17-33/h8-23,25-31,37H,6-7,24,45H2,1-5H3. The molecular formula is C44H47NS2. The van der Waals surface area contributed by atoms with Crippen LogP contribution in [-0.2, 0) is 12.0 Å². The smallest absolute Gasteiger partial charge is 0.0410 e. The van der Waals surface area contributed by atoms with Crippen LogP contribution in [0.2, 0.25) is 0 Å². The molecule has 2 aromatic heterocycles. The minimum atomic E-state index is -0.351. The molecule has 47 heavy (non-hydrogen) atoms. The molecule has 6 aromatic rings. The minimum absolute atomic E-state index is 0.351. The van der Waals surface area contributed by atoms with Gasteiger partial charge in [0.1, 0.15) is 0 Å². The third kappa shape index (κ3) is 6.94. The van der Waals surface area contributed by atoms with E-state index in [0.717, 1.165) is 19.3 Å². The molecule has 4 aromatic carbocycles. The number of hydrogen-bond donors (Lipinski definition) is 1. The Morgan fingerprint density at radius 3 is 1.81 bits per heavy atom. The third-order valence-corrected chi connectivity index (χ3v) is 11.8. The number of nitrogens with two attached hydrogens (primary N) is 1. The van der Waals surface area contributed by atoms with E-state index in [2.05, 4.69) is 159 Å². The number of rotatable bonds is 12. The quantitative estimate of drug-likeness (QED) is 0.140. The zero-order valence-corrected chi connectivity index (χ0v) is 30.0. The summed E-state index contributed by atoms with van der Waals surface area (Å²) in [6.45, 7) is 11.3. The number of benzene rings is 4. The average Bonchev–Trinajstić information content (AvgIpc) is 3.81. The monoisotopic (exact) mass is 653 g/mol. The highest BCUT2D eigenvalue weighted by atomic mass is 32.1. The van der Waals surface area contributed by atoms with E-state index in [1.54, 1.807) is 11.3 Å². The van der Waals surface area contributed by atoms with Crippen LogP contribution >= 0.6 is 22.7 Å². The summed E-state index contributed by atoms with van der Waals surface area (Å²) in [5.74, 6) is 1.20. The van der Waals surface area contributed by atoms with Gasteiger partial charge in [-0.05, 0) is 109 Å². The van der Waals surface area contributed by atoms with Crippen molar-refractivity contribution in [1.82, 2.24) is 0 Å². The van der Waals surface area contributed by atoms with Crippen LogP contribution in [0.1, 0.15) is 93.0 Å². The van der Waals surface area contributed by atoms with Crippen molar-refractivity contribution in [3.8, 4) is 33.4 Å². The fraction of sp³-hybridized carbons (Fsp3) is 0.273. The molecule has 1 nitrogen and oxygen atoms in total. The predicted octanol–water partition coefficient (Wildman–Crippen LogP) is 13.0. The lowest BCUT2D eigenvalue weighted by molar-refractivity contribution is 0.414. The second kappa shape index (κ2) is 14.6. The molecule has 0 spiro atoms. The van der Waals surface area contributed by atoms with Crippen LogP contribution in [0, 0.1) is 0 Å². The van der Waals surface area contributed by atoms with E-state index in [1.807, 2.05) is 11.3 Å². The normalized spacial score (nSPS) is 13.2. The molecule has 0 aliphatic heterocycles. The van der Waals surface area contributed by atoms with E-state index >= 15 is 0 Å². The molecular weight excluding hydrogens is 607 g/mol. The van der Waals surface area contributed by atoms with Crippen molar-refractivity contribution in [3.05, 3.63) is 152 Å². The van der Waals surface area contributed by atoms with E-state index in [0.29, 0.717) is 17.8 Å². The molecule has 0 saturated carbocycles. The molecule has 3 heteroatoms. The molecule has 0 fully saturated rings. The van der Waals surface area contributed by atoms with Gasteiger partial charge in [-0.1, -0.05) is 138 Å². The van der Waals surface area contributed by atoms with E-state index in [9.17, 15) is 0 Å². The van der Waals surface area contributed by atoms with Crippen LogP contribution < -0.4 is 5.73 Å². The van der Waals surface area contributed by atoms with Gasteiger partial charge in [0.15, 0.2) is 0 Å². The molecule has 2 heterocycles. The Labute approximate surface area is 290 Å². The van der Waals surface area contributed by atoms with Crippen LogP contribution in [0.25, 0.3) is 33.4 Å².